The van der Waals surface area contributed by atoms with Crippen LogP contribution in [-0.2, 0) is 5.41 Å². The number of benzene rings is 11. The first-order valence-electron chi connectivity index (χ1n) is 23.3. The second-order valence-electron chi connectivity index (χ2n) is 17.9. The van der Waals surface area contributed by atoms with Crippen LogP contribution in [0, 0.1) is 0 Å². The number of fused-ring (bicyclic) bond motifs is 11. The van der Waals surface area contributed by atoms with Gasteiger partial charge in [-0.1, -0.05) is 182 Å². The molecule has 1 aliphatic carbocycles. The fourth-order valence-corrected chi connectivity index (χ4v) is 11.3. The largest absolute Gasteiger partial charge is 0.456 e. The molecule has 3 nitrogen and oxygen atoms in total. The average molecular weight is 868 g/mol. The van der Waals surface area contributed by atoms with Crippen molar-refractivity contribution in [3.8, 4) is 33.4 Å². The summed E-state index contributed by atoms with van der Waals surface area (Å²) in [7, 11) is 0. The predicted octanol–water partition coefficient (Wildman–Crippen LogP) is 17.8. The molecule has 0 spiro atoms. The van der Waals surface area contributed by atoms with Gasteiger partial charge in [0.1, 0.15) is 22.3 Å². The third-order valence-electron chi connectivity index (χ3n) is 14.3. The maximum Gasteiger partial charge on any atom is 0.143 e. The molecule has 11 aromatic carbocycles. The second kappa shape index (κ2) is 15.1. The number of hydrogen-bond donors (Lipinski definition) is 0. The van der Waals surface area contributed by atoms with E-state index in [0.717, 1.165) is 88.6 Å². The van der Waals surface area contributed by atoms with E-state index in [1.165, 1.54) is 38.8 Å². The predicted molar refractivity (Wildman–Crippen MR) is 281 cm³/mol. The Labute approximate surface area is 393 Å². The Morgan fingerprint density at radius 2 is 0.941 bits per heavy atom. The normalized spacial score (nSPS) is 12.8. The van der Waals surface area contributed by atoms with Crippen molar-refractivity contribution < 1.29 is 8.83 Å². The number of para-hydroxylation sites is 1. The van der Waals surface area contributed by atoms with Crippen molar-refractivity contribution in [1.29, 1.82) is 0 Å². The molecule has 3 heteroatoms. The summed E-state index contributed by atoms with van der Waals surface area (Å²) in [6.07, 6.45) is 0. The summed E-state index contributed by atoms with van der Waals surface area (Å²) in [4.78, 5) is 2.42. The van der Waals surface area contributed by atoms with Crippen LogP contribution in [0.3, 0.4) is 0 Å². The molecule has 0 amide bonds. The Bertz CT molecular complexity index is 4050. The van der Waals surface area contributed by atoms with E-state index in [-0.39, 0.29) is 0 Å². The minimum atomic E-state index is -0.542. The molecule has 0 saturated heterocycles. The van der Waals surface area contributed by atoms with Gasteiger partial charge in [0, 0.05) is 44.0 Å². The minimum Gasteiger partial charge on any atom is -0.456 e. The standard InChI is InChI=1S/C65H41NO2/c1-3-17-46(18-4-1)65(47-19-5-2-6-20-47)58-26-11-9-23-53(58)54-37-35-50(41-59(54)65)66(48-33-29-42(30-34-48)44-32-38-61-57(40-44)55-24-10-12-27-60(55)67-61)49-21-13-16-45(39-49)51-25-14-28-62-63(51)56-36-31-43-15-7-8-22-52(43)64(56)68-62/h1-41H. The first-order valence-corrected chi connectivity index (χ1v) is 23.3. The maximum atomic E-state index is 6.68. The van der Waals surface area contributed by atoms with Gasteiger partial charge in [0.25, 0.3) is 0 Å². The zero-order valence-electron chi connectivity index (χ0n) is 36.9. The molecular formula is C65H41NO2. The van der Waals surface area contributed by atoms with Crippen molar-refractivity contribution in [3.05, 3.63) is 271 Å². The van der Waals surface area contributed by atoms with Gasteiger partial charge in [0.05, 0.1) is 5.41 Å². The van der Waals surface area contributed by atoms with E-state index in [2.05, 4.69) is 241 Å². The summed E-state index contributed by atoms with van der Waals surface area (Å²) < 4.78 is 12.9. The first-order chi connectivity index (χ1) is 33.7. The number of rotatable bonds is 7. The van der Waals surface area contributed by atoms with Crippen LogP contribution in [0.1, 0.15) is 22.3 Å². The van der Waals surface area contributed by atoms with Crippen molar-refractivity contribution in [2.24, 2.45) is 0 Å². The Hall–Kier alpha value is -8.92. The van der Waals surface area contributed by atoms with Crippen LogP contribution >= 0.6 is 0 Å². The summed E-state index contributed by atoms with van der Waals surface area (Å²) in [6, 6.07) is 90.2. The topological polar surface area (TPSA) is 29.5 Å². The summed E-state index contributed by atoms with van der Waals surface area (Å²) in [6.45, 7) is 0. The van der Waals surface area contributed by atoms with Gasteiger partial charge in [-0.05, 0) is 128 Å². The van der Waals surface area contributed by atoms with Crippen LogP contribution in [0.5, 0.6) is 0 Å². The molecule has 14 rings (SSSR count). The highest BCUT2D eigenvalue weighted by molar-refractivity contribution is 6.19. The maximum absolute atomic E-state index is 6.68. The van der Waals surface area contributed by atoms with Gasteiger partial charge in [0.15, 0.2) is 0 Å². The molecule has 0 saturated carbocycles. The van der Waals surface area contributed by atoms with Crippen LogP contribution in [-0.4, -0.2) is 0 Å². The van der Waals surface area contributed by atoms with Crippen molar-refractivity contribution in [2.45, 2.75) is 5.41 Å². The van der Waals surface area contributed by atoms with E-state index < -0.39 is 5.41 Å². The minimum absolute atomic E-state index is 0.542. The Balaban J connectivity index is 0.971. The van der Waals surface area contributed by atoms with Crippen molar-refractivity contribution in [2.75, 3.05) is 4.90 Å². The molecule has 2 heterocycles. The molecule has 0 unspecified atom stereocenters. The third kappa shape index (κ3) is 5.72. The van der Waals surface area contributed by atoms with Gasteiger partial charge >= 0.3 is 0 Å². The van der Waals surface area contributed by atoms with E-state index in [4.69, 9.17) is 8.83 Å². The Morgan fingerprint density at radius 3 is 1.78 bits per heavy atom. The van der Waals surface area contributed by atoms with Crippen LogP contribution < -0.4 is 4.90 Å². The Morgan fingerprint density at radius 1 is 0.309 bits per heavy atom. The van der Waals surface area contributed by atoms with E-state index in [1.54, 1.807) is 0 Å². The molecule has 318 valence electrons. The molecule has 0 bridgehead atoms. The summed E-state index contributed by atoms with van der Waals surface area (Å²) >= 11 is 0. The van der Waals surface area contributed by atoms with Gasteiger partial charge in [0.2, 0.25) is 0 Å². The van der Waals surface area contributed by atoms with Crippen LogP contribution in [0.2, 0.25) is 0 Å². The smallest absolute Gasteiger partial charge is 0.143 e. The molecule has 13 aromatic rings. The van der Waals surface area contributed by atoms with Gasteiger partial charge < -0.3 is 13.7 Å². The zero-order chi connectivity index (χ0) is 44.8. The van der Waals surface area contributed by atoms with Crippen LogP contribution in [0.15, 0.2) is 258 Å². The molecule has 0 radical (unpaired) electrons. The van der Waals surface area contributed by atoms with Gasteiger partial charge in [-0.2, -0.15) is 0 Å². The fraction of sp³-hybridized carbons (Fsp3) is 0.0154. The summed E-state index contributed by atoms with van der Waals surface area (Å²) in [5.41, 5.74) is 18.3. The van der Waals surface area contributed by atoms with E-state index in [1.807, 2.05) is 12.1 Å². The van der Waals surface area contributed by atoms with E-state index in [9.17, 15) is 0 Å². The monoisotopic (exact) mass is 867 g/mol. The van der Waals surface area contributed by atoms with Crippen molar-refractivity contribution in [3.63, 3.8) is 0 Å². The molecule has 0 aliphatic heterocycles. The molecular weight excluding hydrogens is 827 g/mol. The molecule has 68 heavy (non-hydrogen) atoms. The molecule has 2 aromatic heterocycles. The van der Waals surface area contributed by atoms with E-state index >= 15 is 0 Å². The highest BCUT2D eigenvalue weighted by atomic mass is 16.3. The van der Waals surface area contributed by atoms with Gasteiger partial charge in [-0.15, -0.1) is 0 Å². The quantitative estimate of drug-likeness (QED) is 0.160. The Kier molecular flexibility index (Phi) is 8.50. The lowest BCUT2D eigenvalue weighted by Gasteiger charge is -2.35. The lowest BCUT2D eigenvalue weighted by molar-refractivity contribution is 0.669. The van der Waals surface area contributed by atoms with Gasteiger partial charge in [-0.25, -0.2) is 0 Å². The zero-order valence-corrected chi connectivity index (χ0v) is 36.9. The number of nitrogens with zero attached hydrogens (tertiary/aromatic N) is 1. The lowest BCUT2D eigenvalue weighted by Crippen LogP contribution is -2.28. The highest BCUT2D eigenvalue weighted by Crippen LogP contribution is 2.57. The third-order valence-corrected chi connectivity index (χ3v) is 14.3. The summed E-state index contributed by atoms with van der Waals surface area (Å²) in [5, 5.41) is 6.77. The highest BCUT2D eigenvalue weighted by Gasteiger charge is 2.46. The average Bonchev–Trinajstić information content (AvgIpc) is 4.08. The van der Waals surface area contributed by atoms with Gasteiger partial charge in [-0.3, -0.25) is 0 Å². The number of furan rings is 2. The van der Waals surface area contributed by atoms with Crippen LogP contribution in [0.4, 0.5) is 17.1 Å². The van der Waals surface area contributed by atoms with Crippen LogP contribution in [0.25, 0.3) is 88.0 Å². The number of anilines is 3. The van der Waals surface area contributed by atoms with Crippen molar-refractivity contribution in [1.82, 2.24) is 0 Å². The number of hydrogen-bond acceptors (Lipinski definition) is 3. The lowest BCUT2D eigenvalue weighted by atomic mass is 9.67. The fourth-order valence-electron chi connectivity index (χ4n) is 11.3. The van der Waals surface area contributed by atoms with E-state index in [0.29, 0.717) is 0 Å². The second-order valence-corrected chi connectivity index (χ2v) is 17.9. The summed E-state index contributed by atoms with van der Waals surface area (Å²) in [5.74, 6) is 0. The first kappa shape index (κ1) is 38.4. The SMILES string of the molecule is c1ccc(C2(c3ccccc3)c3ccccc3-c3ccc(N(c4ccc(-c5ccc6oc7ccccc7c6c5)cc4)c4cccc(-c5cccc6oc7c8ccccc8ccc7c56)c4)cc32)cc1. The molecule has 0 N–H and O–H groups in total. The molecule has 0 fully saturated rings. The van der Waals surface area contributed by atoms with Crippen molar-refractivity contribution >= 4 is 71.7 Å². The molecule has 1 aliphatic rings. The molecule has 0 atom stereocenters.